The third-order valence-corrected chi connectivity index (χ3v) is 11.5. The maximum Gasteiger partial charge on any atom is 0.335 e. The highest BCUT2D eigenvalue weighted by Crippen LogP contribution is 2.70. The van der Waals surface area contributed by atoms with Crippen molar-refractivity contribution in [2.45, 2.75) is 120 Å². The van der Waals surface area contributed by atoms with Crippen molar-refractivity contribution in [3.8, 4) is 0 Å². The lowest BCUT2D eigenvalue weighted by Gasteiger charge is -2.62. The lowest BCUT2D eigenvalue weighted by atomic mass is 9.45. The van der Waals surface area contributed by atoms with Crippen molar-refractivity contribution >= 4 is 0 Å². The fraction of sp³-hybridized carbons (Fsp3) is 0.767. The molecule has 8 nitrogen and oxygen atoms in total. The van der Waals surface area contributed by atoms with E-state index in [0.29, 0.717) is 5.92 Å². The first-order chi connectivity index (χ1) is 18.0. The van der Waals surface area contributed by atoms with Crippen LogP contribution in [0.25, 0.3) is 0 Å². The Morgan fingerprint density at radius 3 is 2.47 bits per heavy atom. The molecule has 3 saturated carbocycles. The smallest absolute Gasteiger partial charge is 0.335 e. The number of aliphatic hydroxyl groups excluding tert-OH is 3. The first-order valence-corrected chi connectivity index (χ1v) is 14.4. The van der Waals surface area contributed by atoms with Crippen LogP contribution in [-0.2, 0) is 9.47 Å². The molecule has 0 amide bonds. The van der Waals surface area contributed by atoms with E-state index in [-0.39, 0.29) is 34.4 Å². The lowest BCUT2D eigenvalue weighted by molar-refractivity contribution is -0.301. The van der Waals surface area contributed by atoms with Gasteiger partial charge in [0, 0.05) is 11.5 Å². The third-order valence-electron chi connectivity index (χ3n) is 11.5. The number of fused-ring (bicyclic) bond motifs is 5. The Kier molecular flexibility index (Phi) is 6.49. The van der Waals surface area contributed by atoms with Crippen LogP contribution >= 0.6 is 0 Å². The third kappa shape index (κ3) is 3.82. The summed E-state index contributed by atoms with van der Waals surface area (Å²) < 4.78 is 17.0. The van der Waals surface area contributed by atoms with Gasteiger partial charge < -0.3 is 34.3 Å². The van der Waals surface area contributed by atoms with Crippen molar-refractivity contribution in [3.63, 3.8) is 0 Å². The summed E-state index contributed by atoms with van der Waals surface area (Å²) in [5, 5.41) is 43.0. The van der Waals surface area contributed by atoms with Gasteiger partial charge in [-0.15, -0.1) is 0 Å². The Balaban J connectivity index is 1.21. The highest BCUT2D eigenvalue weighted by molar-refractivity contribution is 5.31. The number of rotatable bonds is 3. The summed E-state index contributed by atoms with van der Waals surface area (Å²) >= 11 is 0. The summed E-state index contributed by atoms with van der Waals surface area (Å²) in [6, 6.07) is 3.36. The van der Waals surface area contributed by atoms with Crippen LogP contribution in [0.15, 0.2) is 39.3 Å². The van der Waals surface area contributed by atoms with Crippen LogP contribution in [0.5, 0.6) is 0 Å². The predicted molar refractivity (Wildman–Crippen MR) is 138 cm³/mol. The standard InChI is InChI=1S/C30H42O8/c1-16-24(32)25(33)26(34)27(37-16)38-19-8-11-28(2)18(14-19)5-6-22-21(28)9-12-29(3)20(10-13-30(22,29)35)17-4-7-23(31)36-15-17/h4,7,14-16,19-22,24-27,32-35H,5-6,8-13H2,1-3H3/t16-,19+,20+,21-,22-,24+,25-,26+,27-,28-,29+,30-/m1/s1. The molecule has 12 atom stereocenters. The molecule has 1 aliphatic heterocycles. The minimum Gasteiger partial charge on any atom is -0.431 e. The lowest BCUT2D eigenvalue weighted by Crippen LogP contribution is -2.60. The van der Waals surface area contributed by atoms with Crippen molar-refractivity contribution in [2.24, 2.45) is 22.7 Å². The van der Waals surface area contributed by atoms with Gasteiger partial charge in [0.15, 0.2) is 6.29 Å². The van der Waals surface area contributed by atoms with E-state index in [9.17, 15) is 25.2 Å². The SMILES string of the molecule is C[C@H]1O[C@H](O[C@@H]2C=C3CC[C@@H]4[C@@H](CC[C@@]5(C)[C@H](c6ccc(=O)oc6)CC[C@@]45O)[C@]3(C)CC2)[C@@H](O)[C@H](O)[C@H]1O. The molecule has 210 valence electrons. The molecule has 0 radical (unpaired) electrons. The molecule has 8 heteroatoms. The van der Waals surface area contributed by atoms with Gasteiger partial charge in [0.1, 0.15) is 18.3 Å². The molecule has 38 heavy (non-hydrogen) atoms. The van der Waals surface area contributed by atoms with Crippen LogP contribution in [0, 0.1) is 22.7 Å². The fourth-order valence-corrected chi connectivity index (χ4v) is 9.17. The summed E-state index contributed by atoms with van der Waals surface area (Å²) in [5.41, 5.74) is 0.991. The van der Waals surface area contributed by atoms with E-state index >= 15 is 0 Å². The number of hydrogen-bond donors (Lipinski definition) is 4. The van der Waals surface area contributed by atoms with Gasteiger partial charge in [-0.05, 0) is 93.1 Å². The molecule has 1 aromatic rings. The summed E-state index contributed by atoms with van der Waals surface area (Å²) in [6.45, 7) is 6.26. The zero-order chi connectivity index (χ0) is 27.0. The number of ether oxygens (including phenoxy) is 2. The van der Waals surface area contributed by atoms with Crippen molar-refractivity contribution in [2.75, 3.05) is 0 Å². The average Bonchev–Trinajstić information content (AvgIpc) is 3.18. The molecule has 0 spiro atoms. The number of allylic oxidation sites excluding steroid dienone is 1. The largest absolute Gasteiger partial charge is 0.431 e. The second-order valence-corrected chi connectivity index (χ2v) is 13.1. The molecule has 0 aromatic carbocycles. The molecule has 4 N–H and O–H groups in total. The first-order valence-electron chi connectivity index (χ1n) is 14.4. The minimum absolute atomic E-state index is 0.0213. The average molecular weight is 531 g/mol. The van der Waals surface area contributed by atoms with E-state index in [4.69, 9.17) is 13.9 Å². The second kappa shape index (κ2) is 9.25. The highest BCUT2D eigenvalue weighted by atomic mass is 16.7. The Bertz CT molecular complexity index is 1130. The van der Waals surface area contributed by atoms with Gasteiger partial charge in [-0.2, -0.15) is 0 Å². The molecule has 4 aliphatic carbocycles. The molecule has 1 aromatic heterocycles. The highest BCUT2D eigenvalue weighted by Gasteiger charge is 2.66. The second-order valence-electron chi connectivity index (χ2n) is 13.1. The van der Waals surface area contributed by atoms with Gasteiger partial charge in [0.2, 0.25) is 0 Å². The summed E-state index contributed by atoms with van der Waals surface area (Å²) in [6.07, 6.45) is 5.32. The Labute approximate surface area is 223 Å². The number of aliphatic hydroxyl groups is 4. The van der Waals surface area contributed by atoms with Gasteiger partial charge in [0.25, 0.3) is 0 Å². The van der Waals surface area contributed by atoms with Crippen molar-refractivity contribution in [1.82, 2.24) is 0 Å². The van der Waals surface area contributed by atoms with Crippen LogP contribution in [0.4, 0.5) is 0 Å². The van der Waals surface area contributed by atoms with Crippen LogP contribution in [0.2, 0.25) is 0 Å². The van der Waals surface area contributed by atoms with Gasteiger partial charge in [-0.3, -0.25) is 0 Å². The van der Waals surface area contributed by atoms with E-state index in [2.05, 4.69) is 19.9 Å². The normalized spacial score (nSPS) is 50.5. The van der Waals surface area contributed by atoms with Gasteiger partial charge in [-0.25, -0.2) is 4.79 Å². The number of hydrogen-bond acceptors (Lipinski definition) is 8. The summed E-state index contributed by atoms with van der Waals surface area (Å²) in [5.74, 6) is 0.759. The Morgan fingerprint density at radius 1 is 0.947 bits per heavy atom. The predicted octanol–water partition coefficient (Wildman–Crippen LogP) is 3.01. The van der Waals surface area contributed by atoms with E-state index in [1.165, 1.54) is 11.6 Å². The molecular formula is C30H42O8. The fourth-order valence-electron chi connectivity index (χ4n) is 9.17. The van der Waals surface area contributed by atoms with Gasteiger partial charge >= 0.3 is 5.63 Å². The topological polar surface area (TPSA) is 130 Å². The minimum atomic E-state index is -1.31. The Hall–Kier alpha value is -1.55. The zero-order valence-corrected chi connectivity index (χ0v) is 22.6. The Morgan fingerprint density at radius 2 is 1.74 bits per heavy atom. The maximum absolute atomic E-state index is 12.4. The van der Waals surface area contributed by atoms with Gasteiger partial charge in [0.05, 0.1) is 24.1 Å². The van der Waals surface area contributed by atoms with Crippen LogP contribution in [-0.4, -0.2) is 62.8 Å². The van der Waals surface area contributed by atoms with Crippen molar-refractivity contribution in [3.05, 3.63) is 46.0 Å². The quantitative estimate of drug-likeness (QED) is 0.439. The molecule has 2 heterocycles. The molecule has 4 fully saturated rings. The molecule has 0 bridgehead atoms. The summed E-state index contributed by atoms with van der Waals surface area (Å²) in [7, 11) is 0. The van der Waals surface area contributed by atoms with Crippen molar-refractivity contribution < 1.29 is 34.3 Å². The van der Waals surface area contributed by atoms with E-state index < -0.39 is 36.3 Å². The van der Waals surface area contributed by atoms with E-state index in [1.54, 1.807) is 13.2 Å². The van der Waals surface area contributed by atoms with Crippen LogP contribution in [0.3, 0.4) is 0 Å². The molecule has 5 aliphatic rings. The zero-order valence-electron chi connectivity index (χ0n) is 22.6. The van der Waals surface area contributed by atoms with Crippen LogP contribution in [0.1, 0.15) is 83.6 Å². The molecule has 6 rings (SSSR count). The monoisotopic (exact) mass is 530 g/mol. The van der Waals surface area contributed by atoms with E-state index in [1.807, 2.05) is 6.07 Å². The van der Waals surface area contributed by atoms with Gasteiger partial charge in [-0.1, -0.05) is 25.5 Å². The van der Waals surface area contributed by atoms with E-state index in [0.717, 1.165) is 56.9 Å². The molecule has 0 unspecified atom stereocenters. The van der Waals surface area contributed by atoms with Crippen molar-refractivity contribution in [1.29, 1.82) is 0 Å². The maximum atomic E-state index is 12.4. The molecule has 1 saturated heterocycles. The molecular weight excluding hydrogens is 488 g/mol. The first kappa shape index (κ1) is 26.7. The van der Waals surface area contributed by atoms with Crippen LogP contribution < -0.4 is 5.63 Å². The summed E-state index contributed by atoms with van der Waals surface area (Å²) in [4.78, 5) is 11.5.